The summed E-state index contributed by atoms with van der Waals surface area (Å²) in [5.74, 6) is 0.0387. The zero-order chi connectivity index (χ0) is 14.9. The number of amidine groups is 1. The van der Waals surface area contributed by atoms with E-state index in [1.165, 1.54) is 12.4 Å². The molecule has 5 nitrogen and oxygen atoms in total. The smallest absolute Gasteiger partial charge is 0.128 e. The molecule has 0 amide bonds. The molecule has 0 fully saturated rings. The summed E-state index contributed by atoms with van der Waals surface area (Å²) in [4.78, 5) is 12.3. The third-order valence-electron chi connectivity index (χ3n) is 3.46. The van der Waals surface area contributed by atoms with Gasteiger partial charge < -0.3 is 10.5 Å². The highest BCUT2D eigenvalue weighted by atomic mass is 19.1. The monoisotopic (exact) mass is 286 g/mol. The van der Waals surface area contributed by atoms with Gasteiger partial charge in [0.2, 0.25) is 0 Å². The zero-order valence-corrected chi connectivity index (χ0v) is 11.6. The van der Waals surface area contributed by atoms with Gasteiger partial charge in [0.1, 0.15) is 30.1 Å². The number of halogens is 1. The summed E-state index contributed by atoms with van der Waals surface area (Å²) in [6, 6.07) is 4.86. The van der Waals surface area contributed by atoms with Crippen LogP contribution in [0.25, 0.3) is 11.1 Å². The fourth-order valence-electron chi connectivity index (χ4n) is 2.44. The summed E-state index contributed by atoms with van der Waals surface area (Å²) >= 11 is 0. The van der Waals surface area contributed by atoms with Crippen LogP contribution in [0.1, 0.15) is 12.5 Å². The third-order valence-corrected chi connectivity index (χ3v) is 3.46. The van der Waals surface area contributed by atoms with E-state index < -0.39 is 5.54 Å². The largest absolute Gasteiger partial charge is 0.386 e. The Balaban J connectivity index is 2.09. The summed E-state index contributed by atoms with van der Waals surface area (Å²) in [7, 11) is 0. The van der Waals surface area contributed by atoms with Gasteiger partial charge >= 0.3 is 0 Å². The second kappa shape index (κ2) is 5.21. The Morgan fingerprint density at radius 2 is 2.00 bits per heavy atom. The van der Waals surface area contributed by atoms with E-state index in [0.29, 0.717) is 18.0 Å². The third kappa shape index (κ3) is 2.62. The number of ether oxygens (including phenoxy) is 1. The van der Waals surface area contributed by atoms with Crippen molar-refractivity contribution in [2.75, 3.05) is 13.2 Å². The Kier molecular flexibility index (Phi) is 3.39. The maximum Gasteiger partial charge on any atom is 0.128 e. The number of hydrogen-bond acceptors (Lipinski definition) is 5. The minimum atomic E-state index is -0.821. The number of benzene rings is 1. The molecule has 0 bridgehead atoms. The topological polar surface area (TPSA) is 73.4 Å². The van der Waals surface area contributed by atoms with Gasteiger partial charge in [-0.05, 0) is 24.6 Å². The van der Waals surface area contributed by atoms with E-state index in [9.17, 15) is 4.39 Å². The van der Waals surface area contributed by atoms with Crippen molar-refractivity contribution < 1.29 is 9.13 Å². The van der Waals surface area contributed by atoms with Crippen molar-refractivity contribution in [3.63, 3.8) is 0 Å². The van der Waals surface area contributed by atoms with Crippen LogP contribution in [-0.2, 0) is 10.3 Å². The molecule has 0 radical (unpaired) electrons. The molecule has 1 aliphatic heterocycles. The van der Waals surface area contributed by atoms with E-state index in [1.807, 2.05) is 6.92 Å². The molecule has 1 aliphatic rings. The molecule has 3 rings (SSSR count). The van der Waals surface area contributed by atoms with Gasteiger partial charge in [-0.25, -0.2) is 14.4 Å². The van der Waals surface area contributed by atoms with Crippen LogP contribution in [0.15, 0.2) is 41.9 Å². The predicted molar refractivity (Wildman–Crippen MR) is 77.2 cm³/mol. The minimum Gasteiger partial charge on any atom is -0.386 e. The first-order valence-corrected chi connectivity index (χ1v) is 6.56. The van der Waals surface area contributed by atoms with Crippen LogP contribution in [0, 0.1) is 5.82 Å². The number of aliphatic imine (C=N–C) groups is 1. The number of nitrogens with zero attached hydrogens (tertiary/aromatic N) is 3. The van der Waals surface area contributed by atoms with Crippen LogP contribution >= 0.6 is 0 Å². The van der Waals surface area contributed by atoms with Crippen LogP contribution in [0.4, 0.5) is 4.39 Å². The average Bonchev–Trinajstić information content (AvgIpc) is 2.48. The van der Waals surface area contributed by atoms with Crippen molar-refractivity contribution in [3.05, 3.63) is 48.3 Å². The molecule has 0 saturated carbocycles. The Labute approximate surface area is 121 Å². The van der Waals surface area contributed by atoms with E-state index in [0.717, 1.165) is 11.1 Å². The molecule has 108 valence electrons. The number of nitrogens with two attached hydrogens (primary N) is 1. The molecule has 0 aliphatic carbocycles. The van der Waals surface area contributed by atoms with Crippen molar-refractivity contribution in [2.24, 2.45) is 10.7 Å². The summed E-state index contributed by atoms with van der Waals surface area (Å²) in [6.45, 7) is 2.38. The van der Waals surface area contributed by atoms with Gasteiger partial charge in [-0.2, -0.15) is 0 Å². The van der Waals surface area contributed by atoms with Crippen molar-refractivity contribution >= 4 is 5.84 Å². The normalized spacial score (nSPS) is 21.9. The lowest BCUT2D eigenvalue weighted by molar-refractivity contribution is 0.104. The molecule has 2 heterocycles. The maximum absolute atomic E-state index is 14.2. The molecule has 21 heavy (non-hydrogen) atoms. The molecule has 1 aromatic heterocycles. The zero-order valence-electron chi connectivity index (χ0n) is 11.6. The van der Waals surface area contributed by atoms with Gasteiger partial charge in [-0.1, -0.05) is 6.07 Å². The van der Waals surface area contributed by atoms with Crippen molar-refractivity contribution in [2.45, 2.75) is 12.5 Å². The van der Waals surface area contributed by atoms with Crippen molar-refractivity contribution in [3.8, 4) is 11.1 Å². The summed E-state index contributed by atoms with van der Waals surface area (Å²) in [6.07, 6.45) is 4.82. The van der Waals surface area contributed by atoms with Crippen LogP contribution in [0.3, 0.4) is 0 Å². The van der Waals surface area contributed by atoms with Gasteiger partial charge in [0.05, 0.1) is 6.61 Å². The lowest BCUT2D eigenvalue weighted by Crippen LogP contribution is -2.38. The quantitative estimate of drug-likeness (QED) is 0.915. The fourth-order valence-corrected chi connectivity index (χ4v) is 2.44. The fraction of sp³-hybridized carbons (Fsp3) is 0.267. The molecule has 2 N–H and O–H groups in total. The van der Waals surface area contributed by atoms with Gasteiger partial charge in [-0.3, -0.25) is 4.99 Å². The Bertz CT molecular complexity index is 689. The second-order valence-corrected chi connectivity index (χ2v) is 5.19. The molecular formula is C15H15FN4O. The van der Waals surface area contributed by atoms with Crippen LogP contribution in [0.2, 0.25) is 0 Å². The SMILES string of the molecule is CC1(c2cc(-c3cncnc3)ccc2F)COCC(N)=N1. The van der Waals surface area contributed by atoms with E-state index in [2.05, 4.69) is 15.0 Å². The second-order valence-electron chi connectivity index (χ2n) is 5.19. The molecular weight excluding hydrogens is 271 g/mol. The molecule has 0 saturated heterocycles. The summed E-state index contributed by atoms with van der Waals surface area (Å²) in [5, 5.41) is 0. The van der Waals surface area contributed by atoms with E-state index in [-0.39, 0.29) is 12.4 Å². The maximum atomic E-state index is 14.2. The number of rotatable bonds is 2. The minimum absolute atomic E-state index is 0.281. The first-order valence-electron chi connectivity index (χ1n) is 6.56. The van der Waals surface area contributed by atoms with Crippen molar-refractivity contribution in [1.82, 2.24) is 9.97 Å². The average molecular weight is 286 g/mol. The molecule has 1 atom stereocenters. The lowest BCUT2D eigenvalue weighted by atomic mass is 9.90. The standard InChI is InChI=1S/C15H15FN4O/c1-15(8-21-7-14(17)20-15)12-4-10(2-3-13(12)16)11-5-18-9-19-6-11/h2-6,9H,7-8H2,1H3,(H2,17,20). The highest BCUT2D eigenvalue weighted by Crippen LogP contribution is 2.33. The Morgan fingerprint density at radius 1 is 1.24 bits per heavy atom. The van der Waals surface area contributed by atoms with E-state index >= 15 is 0 Å². The van der Waals surface area contributed by atoms with E-state index in [1.54, 1.807) is 24.5 Å². The molecule has 1 unspecified atom stereocenters. The number of aromatic nitrogens is 2. The van der Waals surface area contributed by atoms with Crippen LogP contribution in [-0.4, -0.2) is 29.0 Å². The molecule has 0 spiro atoms. The Morgan fingerprint density at radius 3 is 2.71 bits per heavy atom. The van der Waals surface area contributed by atoms with Crippen LogP contribution < -0.4 is 5.73 Å². The lowest BCUT2D eigenvalue weighted by Gasteiger charge is -2.30. The first-order chi connectivity index (χ1) is 10.1. The van der Waals surface area contributed by atoms with Crippen molar-refractivity contribution in [1.29, 1.82) is 0 Å². The predicted octanol–water partition coefficient (Wildman–Crippen LogP) is 1.89. The molecule has 6 heteroatoms. The Hall–Kier alpha value is -2.34. The summed E-state index contributed by atoms with van der Waals surface area (Å²) < 4.78 is 19.7. The molecule has 1 aromatic carbocycles. The van der Waals surface area contributed by atoms with Gasteiger partial charge in [-0.15, -0.1) is 0 Å². The van der Waals surface area contributed by atoms with E-state index in [4.69, 9.17) is 10.5 Å². The first kappa shape index (κ1) is 13.6. The van der Waals surface area contributed by atoms with Gasteiger partial charge in [0.15, 0.2) is 0 Å². The summed E-state index contributed by atoms with van der Waals surface area (Å²) in [5.41, 5.74) is 7.00. The molecule has 2 aromatic rings. The van der Waals surface area contributed by atoms with Gasteiger partial charge in [0, 0.05) is 23.5 Å². The number of hydrogen-bond donors (Lipinski definition) is 1. The van der Waals surface area contributed by atoms with Gasteiger partial charge in [0.25, 0.3) is 0 Å². The van der Waals surface area contributed by atoms with Crippen LogP contribution in [0.5, 0.6) is 0 Å². The highest BCUT2D eigenvalue weighted by molar-refractivity contribution is 5.82. The highest BCUT2D eigenvalue weighted by Gasteiger charge is 2.32.